The lowest BCUT2D eigenvalue weighted by atomic mass is 9.84. The van der Waals surface area contributed by atoms with E-state index in [0.717, 1.165) is 32.1 Å². The largest absolute Gasteiger partial charge is 0.383 e. The summed E-state index contributed by atoms with van der Waals surface area (Å²) >= 11 is 0. The van der Waals surface area contributed by atoms with E-state index in [1.165, 1.54) is 0 Å². The van der Waals surface area contributed by atoms with E-state index in [1.807, 2.05) is 0 Å². The highest BCUT2D eigenvalue weighted by atomic mass is 16.5. The van der Waals surface area contributed by atoms with Crippen molar-refractivity contribution in [2.75, 3.05) is 26.8 Å². The lowest BCUT2D eigenvalue weighted by Crippen LogP contribution is -2.38. The van der Waals surface area contributed by atoms with Crippen LogP contribution in [-0.2, 0) is 14.3 Å². The van der Waals surface area contributed by atoms with Gasteiger partial charge in [-0.25, -0.2) is 0 Å². The van der Waals surface area contributed by atoms with Crippen LogP contribution in [0.2, 0.25) is 0 Å². The fourth-order valence-corrected chi connectivity index (χ4v) is 2.43. The van der Waals surface area contributed by atoms with Crippen LogP contribution in [0.1, 0.15) is 38.5 Å². The minimum Gasteiger partial charge on any atom is -0.383 e. The van der Waals surface area contributed by atoms with Crippen molar-refractivity contribution in [3.8, 4) is 0 Å². The molecule has 0 atom stereocenters. The number of hydrogen-bond donors (Lipinski definition) is 3. The molecule has 0 unspecified atom stereocenters. The molecule has 1 aliphatic carbocycles. The van der Waals surface area contributed by atoms with Gasteiger partial charge in [0.15, 0.2) is 0 Å². The van der Waals surface area contributed by atoms with Crippen LogP contribution in [-0.4, -0.2) is 44.7 Å². The van der Waals surface area contributed by atoms with Gasteiger partial charge in [-0.2, -0.15) is 0 Å². The van der Waals surface area contributed by atoms with Crippen LogP contribution in [0.15, 0.2) is 0 Å². The molecular formula is C14H27N3O3. The van der Waals surface area contributed by atoms with Gasteiger partial charge in [-0.15, -0.1) is 0 Å². The SMILES string of the molecule is COCCNC(=O)CNC(=O)CCC1CCC(N)CC1. The molecule has 1 saturated carbocycles. The van der Waals surface area contributed by atoms with Crippen LogP contribution < -0.4 is 16.4 Å². The smallest absolute Gasteiger partial charge is 0.239 e. The molecule has 0 saturated heterocycles. The lowest BCUT2D eigenvalue weighted by Gasteiger charge is -2.25. The minimum atomic E-state index is -0.181. The highest BCUT2D eigenvalue weighted by Gasteiger charge is 2.19. The Morgan fingerprint density at radius 2 is 1.85 bits per heavy atom. The summed E-state index contributed by atoms with van der Waals surface area (Å²) in [7, 11) is 1.58. The number of carbonyl (C=O) groups is 2. The summed E-state index contributed by atoms with van der Waals surface area (Å²) in [5, 5.41) is 5.30. The van der Waals surface area contributed by atoms with E-state index in [9.17, 15) is 9.59 Å². The van der Waals surface area contributed by atoms with Crippen molar-refractivity contribution >= 4 is 11.8 Å². The Morgan fingerprint density at radius 1 is 1.15 bits per heavy atom. The van der Waals surface area contributed by atoms with E-state index in [-0.39, 0.29) is 18.4 Å². The zero-order chi connectivity index (χ0) is 14.8. The van der Waals surface area contributed by atoms with Crippen molar-refractivity contribution in [1.82, 2.24) is 10.6 Å². The Kier molecular flexibility index (Phi) is 8.22. The Morgan fingerprint density at radius 3 is 2.50 bits per heavy atom. The lowest BCUT2D eigenvalue weighted by molar-refractivity contribution is -0.126. The van der Waals surface area contributed by atoms with Crippen LogP contribution >= 0.6 is 0 Å². The van der Waals surface area contributed by atoms with Crippen molar-refractivity contribution in [3.63, 3.8) is 0 Å². The first-order chi connectivity index (χ1) is 9.61. The fraction of sp³-hybridized carbons (Fsp3) is 0.857. The van der Waals surface area contributed by atoms with Gasteiger partial charge in [-0.05, 0) is 38.0 Å². The molecule has 0 aliphatic heterocycles. The quantitative estimate of drug-likeness (QED) is 0.554. The third-order valence-corrected chi connectivity index (χ3v) is 3.75. The molecule has 116 valence electrons. The molecule has 6 nitrogen and oxygen atoms in total. The van der Waals surface area contributed by atoms with Crippen molar-refractivity contribution < 1.29 is 14.3 Å². The average molecular weight is 285 g/mol. The third kappa shape index (κ3) is 7.45. The number of carbonyl (C=O) groups excluding carboxylic acids is 2. The summed E-state index contributed by atoms with van der Waals surface area (Å²) in [4.78, 5) is 23.0. The molecule has 1 rings (SSSR count). The standard InChI is InChI=1S/C14H27N3O3/c1-20-9-8-16-14(19)10-17-13(18)7-4-11-2-5-12(15)6-3-11/h11-12H,2-10,15H2,1H3,(H,16,19)(H,17,18). The van der Waals surface area contributed by atoms with Crippen LogP contribution in [0.3, 0.4) is 0 Å². The predicted octanol–water partition coefficient (Wildman–Crippen LogP) is 0.163. The van der Waals surface area contributed by atoms with Gasteiger partial charge >= 0.3 is 0 Å². The molecule has 0 radical (unpaired) electrons. The number of rotatable bonds is 8. The zero-order valence-corrected chi connectivity index (χ0v) is 12.3. The Bertz CT molecular complexity index is 302. The Labute approximate surface area is 120 Å². The summed E-state index contributed by atoms with van der Waals surface area (Å²) in [5.74, 6) is 0.372. The van der Waals surface area contributed by atoms with Gasteiger partial charge in [0, 0.05) is 26.1 Å². The second-order valence-corrected chi connectivity index (χ2v) is 5.44. The average Bonchev–Trinajstić information content (AvgIpc) is 2.45. The van der Waals surface area contributed by atoms with Gasteiger partial charge < -0.3 is 21.1 Å². The van der Waals surface area contributed by atoms with E-state index in [4.69, 9.17) is 10.5 Å². The molecule has 2 amide bonds. The van der Waals surface area contributed by atoms with Crippen molar-refractivity contribution in [2.24, 2.45) is 11.7 Å². The first-order valence-electron chi connectivity index (χ1n) is 7.39. The maximum absolute atomic E-state index is 11.6. The number of nitrogens with two attached hydrogens (primary N) is 1. The second kappa shape index (κ2) is 9.72. The minimum absolute atomic E-state index is 0.0398. The molecule has 4 N–H and O–H groups in total. The molecule has 0 bridgehead atoms. The van der Waals surface area contributed by atoms with Crippen LogP contribution in [0.5, 0.6) is 0 Å². The highest BCUT2D eigenvalue weighted by molar-refractivity contribution is 5.84. The van der Waals surface area contributed by atoms with Crippen LogP contribution in [0, 0.1) is 5.92 Å². The topological polar surface area (TPSA) is 93.5 Å². The molecule has 0 aromatic heterocycles. The summed E-state index contributed by atoms with van der Waals surface area (Å²) in [6, 6.07) is 0.343. The predicted molar refractivity (Wildman–Crippen MR) is 77.1 cm³/mol. The van der Waals surface area contributed by atoms with Crippen LogP contribution in [0.4, 0.5) is 0 Å². The van der Waals surface area contributed by atoms with E-state index in [1.54, 1.807) is 7.11 Å². The molecule has 0 aromatic carbocycles. The number of ether oxygens (including phenoxy) is 1. The first kappa shape index (κ1) is 16.9. The van der Waals surface area contributed by atoms with E-state index < -0.39 is 0 Å². The highest BCUT2D eigenvalue weighted by Crippen LogP contribution is 2.26. The third-order valence-electron chi connectivity index (χ3n) is 3.75. The zero-order valence-electron chi connectivity index (χ0n) is 12.3. The molecule has 20 heavy (non-hydrogen) atoms. The summed E-state index contributed by atoms with van der Waals surface area (Å²) in [6.07, 6.45) is 5.75. The van der Waals surface area contributed by atoms with Gasteiger partial charge in [-0.3, -0.25) is 9.59 Å². The van der Waals surface area contributed by atoms with Crippen molar-refractivity contribution in [2.45, 2.75) is 44.6 Å². The molecule has 6 heteroatoms. The molecule has 1 fully saturated rings. The normalized spacial score (nSPS) is 22.3. The number of amides is 2. The summed E-state index contributed by atoms with van der Waals surface area (Å²) in [5.41, 5.74) is 5.85. The molecule has 1 aliphatic rings. The monoisotopic (exact) mass is 285 g/mol. The van der Waals surface area contributed by atoms with Gasteiger partial charge in [0.05, 0.1) is 13.2 Å². The van der Waals surface area contributed by atoms with Crippen LogP contribution in [0.25, 0.3) is 0 Å². The van der Waals surface area contributed by atoms with E-state index in [0.29, 0.717) is 31.5 Å². The number of methoxy groups -OCH3 is 1. The molecule has 0 spiro atoms. The summed E-state index contributed by atoms with van der Waals surface area (Å²) < 4.78 is 4.82. The van der Waals surface area contributed by atoms with E-state index in [2.05, 4.69) is 10.6 Å². The van der Waals surface area contributed by atoms with Gasteiger partial charge in [0.2, 0.25) is 11.8 Å². The maximum Gasteiger partial charge on any atom is 0.239 e. The first-order valence-corrected chi connectivity index (χ1v) is 7.39. The Balaban J connectivity index is 2.04. The summed E-state index contributed by atoms with van der Waals surface area (Å²) in [6.45, 7) is 0.981. The van der Waals surface area contributed by atoms with E-state index >= 15 is 0 Å². The van der Waals surface area contributed by atoms with Crippen molar-refractivity contribution in [3.05, 3.63) is 0 Å². The fourth-order valence-electron chi connectivity index (χ4n) is 2.43. The van der Waals surface area contributed by atoms with Crippen molar-refractivity contribution in [1.29, 1.82) is 0 Å². The second-order valence-electron chi connectivity index (χ2n) is 5.44. The van der Waals surface area contributed by atoms with Gasteiger partial charge in [-0.1, -0.05) is 0 Å². The number of hydrogen-bond acceptors (Lipinski definition) is 4. The van der Waals surface area contributed by atoms with Gasteiger partial charge in [0.1, 0.15) is 0 Å². The maximum atomic E-state index is 11.6. The van der Waals surface area contributed by atoms with Gasteiger partial charge in [0.25, 0.3) is 0 Å². The molecular weight excluding hydrogens is 258 g/mol. The Hall–Kier alpha value is -1.14. The molecule has 0 heterocycles. The number of nitrogens with one attached hydrogen (secondary N) is 2. The molecule has 0 aromatic rings.